The molecule has 0 aliphatic carbocycles. The number of aromatic nitrogens is 1. The molecule has 3 aromatic rings. The predicted molar refractivity (Wildman–Crippen MR) is 131 cm³/mol. The zero-order valence-corrected chi connectivity index (χ0v) is 20.1. The van der Waals surface area contributed by atoms with Crippen LogP contribution in [-0.2, 0) is 16.6 Å². The summed E-state index contributed by atoms with van der Waals surface area (Å²) in [6.45, 7) is 5.14. The number of thiazole rings is 1. The van der Waals surface area contributed by atoms with Crippen molar-refractivity contribution in [3.63, 3.8) is 0 Å². The third-order valence-electron chi connectivity index (χ3n) is 6.27. The molecule has 1 atom stereocenters. The van der Waals surface area contributed by atoms with Crippen molar-refractivity contribution in [2.75, 3.05) is 19.6 Å². The van der Waals surface area contributed by atoms with Gasteiger partial charge in [-0.25, -0.2) is 13.1 Å². The van der Waals surface area contributed by atoms with Gasteiger partial charge in [0.1, 0.15) is 0 Å². The second-order valence-corrected chi connectivity index (χ2v) is 11.2. The van der Waals surface area contributed by atoms with Crippen LogP contribution in [0.2, 0.25) is 0 Å². The number of sulfonamides is 1. The lowest BCUT2D eigenvalue weighted by molar-refractivity contribution is 0.143. The fourth-order valence-corrected chi connectivity index (χ4v) is 6.62. The van der Waals surface area contributed by atoms with Crippen molar-refractivity contribution in [3.05, 3.63) is 63.8 Å². The van der Waals surface area contributed by atoms with Gasteiger partial charge in [0.2, 0.25) is 10.0 Å². The lowest BCUT2D eigenvalue weighted by Gasteiger charge is -2.35. The molecule has 1 aliphatic rings. The molecular formula is C24H31N3O3S2. The van der Waals surface area contributed by atoms with E-state index >= 15 is 0 Å². The molecule has 2 heterocycles. The highest BCUT2D eigenvalue weighted by Crippen LogP contribution is 2.23. The van der Waals surface area contributed by atoms with Crippen LogP contribution in [0.5, 0.6) is 0 Å². The first kappa shape index (κ1) is 23.2. The smallest absolute Gasteiger partial charge is 0.300 e. The standard InChI is InChI=1S/C24H31N3O3S2/c1-2-20-11-6-7-15-26(20)16-8-14-25-32(29,30)21-12-13-22-23(17-21)31-24(28)27(22)18-19-9-4-3-5-10-19/h3-5,9-10,12-13,17,20,25H,2,6-8,11,14-16,18H2,1H3. The molecule has 2 aromatic carbocycles. The number of benzene rings is 2. The van der Waals surface area contributed by atoms with Gasteiger partial charge in [-0.05, 0) is 62.5 Å². The molecule has 172 valence electrons. The first-order valence-corrected chi connectivity index (χ1v) is 13.7. The van der Waals surface area contributed by atoms with Crippen molar-refractivity contribution in [2.45, 2.75) is 56.5 Å². The molecule has 6 nitrogen and oxygen atoms in total. The molecule has 0 radical (unpaired) electrons. The maximum atomic E-state index is 12.8. The summed E-state index contributed by atoms with van der Waals surface area (Å²) in [6.07, 6.45) is 5.71. The maximum absolute atomic E-state index is 12.8. The Balaban J connectivity index is 1.41. The van der Waals surface area contributed by atoms with E-state index in [1.54, 1.807) is 22.8 Å². The first-order chi connectivity index (χ1) is 15.5. The van der Waals surface area contributed by atoms with Crippen LogP contribution < -0.4 is 9.60 Å². The highest BCUT2D eigenvalue weighted by atomic mass is 32.2. The van der Waals surface area contributed by atoms with Crippen LogP contribution in [0.1, 0.15) is 44.6 Å². The minimum absolute atomic E-state index is 0.0848. The van der Waals surface area contributed by atoms with E-state index in [-0.39, 0.29) is 9.77 Å². The molecule has 32 heavy (non-hydrogen) atoms. The summed E-state index contributed by atoms with van der Waals surface area (Å²) in [5.74, 6) is 0. The summed E-state index contributed by atoms with van der Waals surface area (Å²) >= 11 is 1.09. The summed E-state index contributed by atoms with van der Waals surface area (Å²) in [7, 11) is -3.61. The zero-order chi connectivity index (χ0) is 22.6. The number of likely N-dealkylation sites (tertiary alicyclic amines) is 1. The van der Waals surface area contributed by atoms with Crippen LogP contribution in [0.25, 0.3) is 10.2 Å². The van der Waals surface area contributed by atoms with Gasteiger partial charge in [-0.3, -0.25) is 9.36 Å². The minimum atomic E-state index is -3.61. The van der Waals surface area contributed by atoms with Crippen molar-refractivity contribution >= 4 is 31.6 Å². The van der Waals surface area contributed by atoms with Crippen molar-refractivity contribution in [3.8, 4) is 0 Å². The average Bonchev–Trinajstić information content (AvgIpc) is 3.12. The topological polar surface area (TPSA) is 71.4 Å². The zero-order valence-electron chi connectivity index (χ0n) is 18.5. The molecule has 1 saturated heterocycles. The van der Waals surface area contributed by atoms with Gasteiger partial charge >= 0.3 is 4.87 Å². The van der Waals surface area contributed by atoms with Gasteiger partial charge < -0.3 is 4.90 Å². The Bertz CT molecular complexity index is 1200. The van der Waals surface area contributed by atoms with Gasteiger partial charge in [-0.15, -0.1) is 0 Å². The molecular weight excluding hydrogens is 442 g/mol. The van der Waals surface area contributed by atoms with Crippen LogP contribution in [0, 0.1) is 0 Å². The molecule has 0 spiro atoms. The summed E-state index contributed by atoms with van der Waals surface area (Å²) in [5, 5.41) is 0. The Labute approximate surface area is 193 Å². The van der Waals surface area contributed by atoms with E-state index in [0.717, 1.165) is 48.3 Å². The molecule has 1 aromatic heterocycles. The van der Waals surface area contributed by atoms with E-state index in [1.165, 1.54) is 19.3 Å². The SMILES string of the molecule is CCC1CCCCN1CCCNS(=O)(=O)c1ccc2c(c1)sc(=O)n2Cc1ccccc1. The van der Waals surface area contributed by atoms with Crippen LogP contribution in [-0.4, -0.2) is 43.6 Å². The Hall–Kier alpha value is -2.00. The molecule has 0 bridgehead atoms. The van der Waals surface area contributed by atoms with Crippen molar-refractivity contribution in [1.82, 2.24) is 14.2 Å². The van der Waals surface area contributed by atoms with E-state index in [4.69, 9.17) is 0 Å². The van der Waals surface area contributed by atoms with E-state index in [9.17, 15) is 13.2 Å². The fourth-order valence-electron chi connectivity index (χ4n) is 4.52. The summed E-state index contributed by atoms with van der Waals surface area (Å²) in [6, 6.07) is 15.4. The van der Waals surface area contributed by atoms with Crippen molar-refractivity contribution < 1.29 is 8.42 Å². The van der Waals surface area contributed by atoms with Gasteiger partial charge in [0.15, 0.2) is 0 Å². The van der Waals surface area contributed by atoms with E-state index in [0.29, 0.717) is 23.8 Å². The van der Waals surface area contributed by atoms with Gasteiger partial charge in [0.05, 0.1) is 21.7 Å². The van der Waals surface area contributed by atoms with Crippen LogP contribution in [0.15, 0.2) is 58.2 Å². The van der Waals surface area contributed by atoms with Gasteiger partial charge in [-0.1, -0.05) is 55.0 Å². The molecule has 1 N–H and O–H groups in total. The summed E-state index contributed by atoms with van der Waals surface area (Å²) in [5.41, 5.74) is 1.80. The molecule has 4 rings (SSSR count). The Morgan fingerprint density at radius 2 is 1.94 bits per heavy atom. The Morgan fingerprint density at radius 3 is 2.72 bits per heavy atom. The fraction of sp³-hybridized carbons (Fsp3) is 0.458. The van der Waals surface area contributed by atoms with Gasteiger partial charge in [0.25, 0.3) is 0 Å². The van der Waals surface area contributed by atoms with E-state index in [1.807, 2.05) is 30.3 Å². The van der Waals surface area contributed by atoms with Crippen LogP contribution in [0.3, 0.4) is 0 Å². The number of piperidine rings is 1. The van der Waals surface area contributed by atoms with E-state index < -0.39 is 10.0 Å². The molecule has 8 heteroatoms. The minimum Gasteiger partial charge on any atom is -0.300 e. The molecule has 1 unspecified atom stereocenters. The average molecular weight is 474 g/mol. The van der Waals surface area contributed by atoms with Gasteiger partial charge in [-0.2, -0.15) is 0 Å². The first-order valence-electron chi connectivity index (χ1n) is 11.4. The highest BCUT2D eigenvalue weighted by molar-refractivity contribution is 7.89. The number of rotatable bonds is 9. The van der Waals surface area contributed by atoms with Gasteiger partial charge in [0, 0.05) is 12.6 Å². The van der Waals surface area contributed by atoms with Crippen LogP contribution in [0.4, 0.5) is 0 Å². The third kappa shape index (κ3) is 5.31. The van der Waals surface area contributed by atoms with Crippen LogP contribution >= 0.6 is 11.3 Å². The summed E-state index contributed by atoms with van der Waals surface area (Å²) in [4.78, 5) is 15.2. The Kier molecular flexibility index (Phi) is 7.45. The molecule has 1 fully saturated rings. The second-order valence-electron chi connectivity index (χ2n) is 8.41. The third-order valence-corrected chi connectivity index (χ3v) is 8.67. The number of fused-ring (bicyclic) bond motifs is 1. The largest absolute Gasteiger partial charge is 0.308 e. The summed E-state index contributed by atoms with van der Waals surface area (Å²) < 4.78 is 30.8. The number of hydrogen-bond acceptors (Lipinski definition) is 5. The maximum Gasteiger partial charge on any atom is 0.308 e. The number of nitrogens with one attached hydrogen (secondary N) is 1. The molecule has 0 saturated carbocycles. The highest BCUT2D eigenvalue weighted by Gasteiger charge is 2.21. The second kappa shape index (κ2) is 10.3. The molecule has 1 aliphatic heterocycles. The van der Waals surface area contributed by atoms with Crippen molar-refractivity contribution in [2.24, 2.45) is 0 Å². The molecule has 0 amide bonds. The van der Waals surface area contributed by atoms with Crippen molar-refractivity contribution in [1.29, 1.82) is 0 Å². The lowest BCUT2D eigenvalue weighted by atomic mass is 10.00. The quantitative estimate of drug-likeness (QED) is 0.476. The van der Waals surface area contributed by atoms with E-state index in [2.05, 4.69) is 16.5 Å². The monoisotopic (exact) mass is 473 g/mol. The lowest BCUT2D eigenvalue weighted by Crippen LogP contribution is -2.40. The number of hydrogen-bond donors (Lipinski definition) is 1. The number of nitrogens with zero attached hydrogens (tertiary/aromatic N) is 2. The predicted octanol–water partition coefficient (Wildman–Crippen LogP) is 4.04. The normalized spacial score (nSPS) is 17.7. The Morgan fingerprint density at radius 1 is 1.12 bits per heavy atom.